The Labute approximate surface area is 107 Å². The molecular formula is C12H22N2O4. The second-order valence-electron chi connectivity index (χ2n) is 4.50. The van der Waals surface area contributed by atoms with Crippen LogP contribution in [0, 0.1) is 11.8 Å². The minimum Gasteiger partial charge on any atom is -0.481 e. The van der Waals surface area contributed by atoms with Gasteiger partial charge in [0.15, 0.2) is 5.78 Å². The first kappa shape index (κ1) is 16.6. The van der Waals surface area contributed by atoms with Gasteiger partial charge in [0.2, 0.25) is 5.91 Å². The smallest absolute Gasteiger partial charge is 0.305 e. The van der Waals surface area contributed by atoms with Crippen molar-refractivity contribution in [2.45, 2.75) is 39.2 Å². The summed E-state index contributed by atoms with van der Waals surface area (Å²) in [4.78, 5) is 33.8. The quantitative estimate of drug-likeness (QED) is 0.545. The van der Waals surface area contributed by atoms with Crippen molar-refractivity contribution in [1.29, 1.82) is 0 Å². The van der Waals surface area contributed by atoms with Gasteiger partial charge in [0, 0.05) is 12.3 Å². The van der Waals surface area contributed by atoms with E-state index in [0.717, 1.165) is 6.42 Å². The summed E-state index contributed by atoms with van der Waals surface area (Å²) in [5, 5.41) is 11.3. The van der Waals surface area contributed by atoms with E-state index in [1.165, 1.54) is 7.05 Å². The van der Waals surface area contributed by atoms with Gasteiger partial charge in [-0.2, -0.15) is 0 Å². The van der Waals surface area contributed by atoms with Crippen molar-refractivity contribution in [3.8, 4) is 0 Å². The average Bonchev–Trinajstić information content (AvgIpc) is 2.30. The molecule has 4 N–H and O–H groups in total. The summed E-state index contributed by atoms with van der Waals surface area (Å²) in [5.74, 6) is -2.38. The number of nitrogens with one attached hydrogen (secondary N) is 1. The zero-order valence-corrected chi connectivity index (χ0v) is 11.1. The minimum absolute atomic E-state index is 0.00813. The van der Waals surface area contributed by atoms with Crippen LogP contribution >= 0.6 is 0 Å². The van der Waals surface area contributed by atoms with Crippen molar-refractivity contribution in [3.63, 3.8) is 0 Å². The van der Waals surface area contributed by atoms with Crippen molar-refractivity contribution < 1.29 is 19.5 Å². The van der Waals surface area contributed by atoms with Gasteiger partial charge in [0.05, 0.1) is 12.5 Å². The third kappa shape index (κ3) is 5.27. The maximum atomic E-state index is 11.9. The molecule has 18 heavy (non-hydrogen) atoms. The summed E-state index contributed by atoms with van der Waals surface area (Å²) in [6.45, 7) is 3.77. The molecule has 1 amide bonds. The molecule has 0 saturated carbocycles. The first-order valence-corrected chi connectivity index (χ1v) is 6.04. The van der Waals surface area contributed by atoms with E-state index in [4.69, 9.17) is 10.8 Å². The van der Waals surface area contributed by atoms with Gasteiger partial charge in [-0.05, 0) is 13.0 Å². The molecular weight excluding hydrogens is 236 g/mol. The molecule has 0 rings (SSSR count). The Morgan fingerprint density at radius 3 is 2.17 bits per heavy atom. The number of nitrogens with two attached hydrogens (primary N) is 1. The lowest BCUT2D eigenvalue weighted by Gasteiger charge is -2.21. The van der Waals surface area contributed by atoms with Crippen LogP contribution < -0.4 is 11.1 Å². The van der Waals surface area contributed by atoms with E-state index in [-0.39, 0.29) is 24.5 Å². The van der Waals surface area contributed by atoms with Crippen molar-refractivity contribution >= 4 is 17.7 Å². The number of rotatable bonds is 9. The van der Waals surface area contributed by atoms with Crippen molar-refractivity contribution in [2.75, 3.05) is 7.05 Å². The van der Waals surface area contributed by atoms with E-state index in [1.807, 2.05) is 13.8 Å². The van der Waals surface area contributed by atoms with E-state index >= 15 is 0 Å². The standard InChI is InChI=1S/C12H22N2O4/c1-4-7(2)8(12(13)18)5-10(15)9(14-3)6-11(16)17/h7-9,14H,4-6H2,1-3H3,(H2,13,18)(H,16,17)/t7-,8-,9-/m0/s1. The van der Waals surface area contributed by atoms with Crippen LogP contribution in [0.3, 0.4) is 0 Å². The number of Topliss-reactive ketones (excluding diaryl/α,β-unsaturated/α-hetero) is 1. The largest absolute Gasteiger partial charge is 0.481 e. The van der Waals surface area contributed by atoms with Crippen molar-refractivity contribution in [3.05, 3.63) is 0 Å². The van der Waals surface area contributed by atoms with Gasteiger partial charge in [0.1, 0.15) is 0 Å². The molecule has 0 saturated heterocycles. The zero-order valence-electron chi connectivity index (χ0n) is 11.1. The Kier molecular flexibility index (Phi) is 7.19. The lowest BCUT2D eigenvalue weighted by molar-refractivity contribution is -0.139. The fourth-order valence-corrected chi connectivity index (χ4v) is 1.78. The Hall–Kier alpha value is -1.43. The van der Waals surface area contributed by atoms with Crippen molar-refractivity contribution in [2.24, 2.45) is 17.6 Å². The van der Waals surface area contributed by atoms with Gasteiger partial charge in [-0.3, -0.25) is 14.4 Å². The molecule has 0 spiro atoms. The number of carbonyl (C=O) groups excluding carboxylic acids is 2. The lowest BCUT2D eigenvalue weighted by atomic mass is 9.85. The van der Waals surface area contributed by atoms with Crippen LogP contribution in [-0.4, -0.2) is 35.9 Å². The Bertz CT molecular complexity index is 317. The molecule has 0 aliphatic heterocycles. The number of carboxylic acid groups (broad SMARTS) is 1. The number of hydrogen-bond donors (Lipinski definition) is 3. The second-order valence-corrected chi connectivity index (χ2v) is 4.50. The molecule has 6 nitrogen and oxygen atoms in total. The minimum atomic E-state index is -1.05. The van der Waals surface area contributed by atoms with E-state index < -0.39 is 23.8 Å². The molecule has 0 bridgehead atoms. The van der Waals surface area contributed by atoms with Crippen LogP contribution in [0.1, 0.15) is 33.1 Å². The molecule has 0 aliphatic rings. The Balaban J connectivity index is 4.66. The number of likely N-dealkylation sites (N-methyl/N-ethyl adjacent to an activating group) is 1. The molecule has 104 valence electrons. The molecule has 0 unspecified atom stereocenters. The number of primary amides is 1. The van der Waals surface area contributed by atoms with Gasteiger partial charge in [0.25, 0.3) is 0 Å². The number of hydrogen-bond acceptors (Lipinski definition) is 4. The van der Waals surface area contributed by atoms with Crippen LogP contribution in [0.25, 0.3) is 0 Å². The summed E-state index contributed by atoms with van der Waals surface area (Å²) in [6, 6.07) is -0.770. The Morgan fingerprint density at radius 1 is 1.28 bits per heavy atom. The molecule has 0 aromatic carbocycles. The molecule has 0 aromatic heterocycles. The molecule has 0 radical (unpaired) electrons. The van der Waals surface area contributed by atoms with E-state index in [0.29, 0.717) is 0 Å². The fourth-order valence-electron chi connectivity index (χ4n) is 1.78. The highest BCUT2D eigenvalue weighted by Gasteiger charge is 2.28. The Morgan fingerprint density at radius 2 is 1.83 bits per heavy atom. The zero-order chi connectivity index (χ0) is 14.3. The first-order chi connectivity index (χ1) is 8.33. The summed E-state index contributed by atoms with van der Waals surface area (Å²) in [6.07, 6.45) is 0.439. The normalized spacial score (nSPS) is 15.7. The topological polar surface area (TPSA) is 109 Å². The predicted molar refractivity (Wildman–Crippen MR) is 66.9 cm³/mol. The van der Waals surface area contributed by atoms with Crippen LogP contribution in [0.2, 0.25) is 0 Å². The number of ketones is 1. The van der Waals surface area contributed by atoms with Crippen LogP contribution in [0.15, 0.2) is 0 Å². The van der Waals surface area contributed by atoms with E-state index in [9.17, 15) is 14.4 Å². The summed E-state index contributed by atoms with van der Waals surface area (Å²) in [7, 11) is 1.52. The highest BCUT2D eigenvalue weighted by atomic mass is 16.4. The maximum Gasteiger partial charge on any atom is 0.305 e. The molecule has 0 fully saturated rings. The highest BCUT2D eigenvalue weighted by molar-refractivity contribution is 5.91. The molecule has 0 heterocycles. The van der Waals surface area contributed by atoms with Crippen LogP contribution in [0.4, 0.5) is 0 Å². The SMILES string of the molecule is CC[C@H](C)[C@H](CC(=O)[C@H](CC(=O)O)NC)C(N)=O. The average molecular weight is 258 g/mol. The summed E-state index contributed by atoms with van der Waals surface area (Å²) in [5.41, 5.74) is 5.28. The van der Waals surface area contributed by atoms with Crippen LogP contribution in [0.5, 0.6) is 0 Å². The number of amides is 1. The van der Waals surface area contributed by atoms with E-state index in [2.05, 4.69) is 5.32 Å². The maximum absolute atomic E-state index is 11.9. The first-order valence-electron chi connectivity index (χ1n) is 6.04. The van der Waals surface area contributed by atoms with Crippen LogP contribution in [-0.2, 0) is 14.4 Å². The third-order valence-corrected chi connectivity index (χ3v) is 3.23. The van der Waals surface area contributed by atoms with Gasteiger partial charge < -0.3 is 16.2 Å². The number of carboxylic acids is 1. The second kappa shape index (κ2) is 7.81. The summed E-state index contributed by atoms with van der Waals surface area (Å²) < 4.78 is 0. The number of carbonyl (C=O) groups is 3. The molecule has 0 aromatic rings. The van der Waals surface area contributed by atoms with Gasteiger partial charge in [-0.25, -0.2) is 0 Å². The number of aliphatic carboxylic acids is 1. The summed E-state index contributed by atoms with van der Waals surface area (Å²) >= 11 is 0. The molecule has 0 aliphatic carbocycles. The van der Waals surface area contributed by atoms with Gasteiger partial charge in [-0.15, -0.1) is 0 Å². The molecule has 6 heteroatoms. The van der Waals surface area contributed by atoms with Gasteiger partial charge >= 0.3 is 5.97 Å². The monoisotopic (exact) mass is 258 g/mol. The molecule has 3 atom stereocenters. The predicted octanol–water partition coefficient (Wildman–Crippen LogP) is 0.156. The fraction of sp³-hybridized carbons (Fsp3) is 0.750. The van der Waals surface area contributed by atoms with Crippen molar-refractivity contribution in [1.82, 2.24) is 5.32 Å². The highest BCUT2D eigenvalue weighted by Crippen LogP contribution is 2.20. The van der Waals surface area contributed by atoms with E-state index in [1.54, 1.807) is 0 Å². The third-order valence-electron chi connectivity index (χ3n) is 3.23. The van der Waals surface area contributed by atoms with Gasteiger partial charge in [-0.1, -0.05) is 20.3 Å². The lowest BCUT2D eigenvalue weighted by Crippen LogP contribution is -2.40.